The Kier molecular flexibility index (Phi) is 5.08. The highest BCUT2D eigenvalue weighted by molar-refractivity contribution is 7.93. The van der Waals surface area contributed by atoms with Gasteiger partial charge in [-0.1, -0.05) is 12.2 Å². The highest BCUT2D eigenvalue weighted by Gasteiger charge is 2.28. The highest BCUT2D eigenvalue weighted by Crippen LogP contribution is 2.25. The van der Waals surface area contributed by atoms with Gasteiger partial charge in [0.2, 0.25) is 10.0 Å². The third-order valence-electron chi connectivity index (χ3n) is 4.44. The molecule has 0 saturated carbocycles. The van der Waals surface area contributed by atoms with E-state index in [1.165, 1.54) is 4.31 Å². The second-order valence-corrected chi connectivity index (χ2v) is 8.29. The smallest absolute Gasteiger partial charge is 0.319 e. The summed E-state index contributed by atoms with van der Waals surface area (Å²) in [5.74, 6) is 0.703. The summed E-state index contributed by atoms with van der Waals surface area (Å²) in [6, 6.07) is 6.68. The molecule has 1 aliphatic carbocycles. The van der Waals surface area contributed by atoms with E-state index in [9.17, 15) is 13.2 Å². The van der Waals surface area contributed by atoms with Gasteiger partial charge in [-0.15, -0.1) is 0 Å². The van der Waals surface area contributed by atoms with Crippen LogP contribution in [0.15, 0.2) is 36.4 Å². The van der Waals surface area contributed by atoms with Gasteiger partial charge in [0.05, 0.1) is 11.4 Å². The van der Waals surface area contributed by atoms with Crippen molar-refractivity contribution in [2.75, 3.05) is 28.5 Å². The largest absolute Gasteiger partial charge is 0.338 e. The lowest BCUT2D eigenvalue weighted by Crippen LogP contribution is -2.33. The van der Waals surface area contributed by atoms with Crippen molar-refractivity contribution >= 4 is 27.4 Å². The van der Waals surface area contributed by atoms with Crippen molar-refractivity contribution in [3.63, 3.8) is 0 Å². The van der Waals surface area contributed by atoms with E-state index < -0.39 is 10.0 Å². The molecule has 1 unspecified atom stereocenters. The number of urea groups is 1. The lowest BCUT2D eigenvalue weighted by molar-refractivity contribution is 0.249. The highest BCUT2D eigenvalue weighted by atomic mass is 32.2. The maximum Gasteiger partial charge on any atom is 0.319 e. The first-order valence-corrected chi connectivity index (χ1v) is 9.96. The van der Waals surface area contributed by atoms with E-state index in [4.69, 9.17) is 0 Å². The number of hydrogen-bond acceptors (Lipinski definition) is 3. The summed E-state index contributed by atoms with van der Waals surface area (Å²) in [5.41, 5.74) is 1.30. The van der Waals surface area contributed by atoms with Crippen LogP contribution in [0, 0.1) is 5.92 Å². The predicted molar refractivity (Wildman–Crippen MR) is 95.7 cm³/mol. The van der Waals surface area contributed by atoms with Crippen LogP contribution in [0.3, 0.4) is 0 Å². The molecule has 130 valence electrons. The second-order valence-electron chi connectivity index (χ2n) is 6.27. The molecule has 24 heavy (non-hydrogen) atoms. The van der Waals surface area contributed by atoms with Gasteiger partial charge < -0.3 is 10.6 Å². The van der Waals surface area contributed by atoms with Gasteiger partial charge in [0, 0.05) is 18.8 Å². The monoisotopic (exact) mass is 349 g/mol. The summed E-state index contributed by atoms with van der Waals surface area (Å²) < 4.78 is 25.2. The number of nitrogens with one attached hydrogen (secondary N) is 2. The molecule has 2 amide bonds. The van der Waals surface area contributed by atoms with Crippen molar-refractivity contribution in [3.8, 4) is 0 Å². The fourth-order valence-electron chi connectivity index (χ4n) is 3.09. The number of sulfonamides is 1. The number of allylic oxidation sites excluding steroid dienone is 2. The maximum atomic E-state index is 12.0. The van der Waals surface area contributed by atoms with Crippen LogP contribution in [0.2, 0.25) is 0 Å². The van der Waals surface area contributed by atoms with Gasteiger partial charge in [-0.05, 0) is 55.9 Å². The lowest BCUT2D eigenvalue weighted by Gasteiger charge is -2.19. The summed E-state index contributed by atoms with van der Waals surface area (Å²) in [6.45, 7) is 1.19. The molecule has 0 aromatic heterocycles. The van der Waals surface area contributed by atoms with E-state index >= 15 is 0 Å². The molecule has 0 radical (unpaired) electrons. The molecule has 2 N–H and O–H groups in total. The zero-order valence-corrected chi connectivity index (χ0v) is 14.4. The molecule has 0 spiro atoms. The molecule has 1 atom stereocenters. The van der Waals surface area contributed by atoms with Crippen LogP contribution in [0.25, 0.3) is 0 Å². The summed E-state index contributed by atoms with van der Waals surface area (Å²) in [5, 5.41) is 5.68. The molecular formula is C17H23N3O3S. The molecular weight excluding hydrogens is 326 g/mol. The first-order chi connectivity index (χ1) is 11.5. The van der Waals surface area contributed by atoms with Crippen molar-refractivity contribution in [3.05, 3.63) is 36.4 Å². The van der Waals surface area contributed by atoms with Gasteiger partial charge in [0.15, 0.2) is 0 Å². The van der Waals surface area contributed by atoms with E-state index in [0.29, 0.717) is 36.8 Å². The average Bonchev–Trinajstić information content (AvgIpc) is 2.94. The zero-order chi connectivity index (χ0) is 17.0. The molecule has 1 fully saturated rings. The van der Waals surface area contributed by atoms with Crippen LogP contribution in [0.4, 0.5) is 16.2 Å². The topological polar surface area (TPSA) is 78.5 Å². The molecule has 3 rings (SSSR count). The standard InChI is InChI=1S/C17H23N3O3S/c21-17(18-13-14-5-2-1-3-6-14)19-15-7-9-16(10-8-15)20-11-4-12-24(20,22)23/h1-2,7-10,14H,3-6,11-13H2,(H2,18,19,21). The van der Waals surface area contributed by atoms with Gasteiger partial charge >= 0.3 is 6.03 Å². The zero-order valence-electron chi connectivity index (χ0n) is 13.6. The van der Waals surface area contributed by atoms with Crippen LogP contribution < -0.4 is 14.9 Å². The Morgan fingerprint density at radius 3 is 2.62 bits per heavy atom. The van der Waals surface area contributed by atoms with Gasteiger partial charge in [0.1, 0.15) is 0 Å². The fraction of sp³-hybridized carbons (Fsp3) is 0.471. The number of benzene rings is 1. The average molecular weight is 349 g/mol. The molecule has 1 aromatic carbocycles. The van der Waals surface area contributed by atoms with Crippen LogP contribution in [-0.4, -0.2) is 33.3 Å². The molecule has 1 heterocycles. The lowest BCUT2D eigenvalue weighted by atomic mass is 9.94. The molecule has 1 aliphatic heterocycles. The third kappa shape index (κ3) is 4.08. The van der Waals surface area contributed by atoms with E-state index in [2.05, 4.69) is 22.8 Å². The molecule has 2 aliphatic rings. The van der Waals surface area contributed by atoms with Crippen LogP contribution in [0.5, 0.6) is 0 Å². The van der Waals surface area contributed by atoms with Gasteiger partial charge in [0.25, 0.3) is 0 Å². The van der Waals surface area contributed by atoms with Crippen LogP contribution >= 0.6 is 0 Å². The SMILES string of the molecule is O=C(NCC1CC=CCC1)Nc1ccc(N2CCCS2(=O)=O)cc1. The van der Waals surface area contributed by atoms with Crippen molar-refractivity contribution in [1.82, 2.24) is 5.32 Å². The summed E-state index contributed by atoms with van der Waals surface area (Å²) >= 11 is 0. The van der Waals surface area contributed by atoms with E-state index in [-0.39, 0.29) is 11.8 Å². The Balaban J connectivity index is 1.52. The van der Waals surface area contributed by atoms with E-state index in [0.717, 1.165) is 19.3 Å². The van der Waals surface area contributed by atoms with Crippen molar-refractivity contribution in [2.45, 2.75) is 25.7 Å². The molecule has 7 heteroatoms. The second kappa shape index (κ2) is 7.25. The summed E-state index contributed by atoms with van der Waals surface area (Å²) in [6.07, 6.45) is 8.20. The maximum absolute atomic E-state index is 12.0. The van der Waals surface area contributed by atoms with Crippen molar-refractivity contribution < 1.29 is 13.2 Å². The summed E-state index contributed by atoms with van der Waals surface area (Å²) in [4.78, 5) is 12.0. The van der Waals surface area contributed by atoms with Crippen LogP contribution in [0.1, 0.15) is 25.7 Å². The van der Waals surface area contributed by atoms with Crippen molar-refractivity contribution in [2.24, 2.45) is 5.92 Å². The fourth-order valence-corrected chi connectivity index (χ4v) is 4.66. The number of nitrogens with zero attached hydrogens (tertiary/aromatic N) is 1. The van der Waals surface area contributed by atoms with Gasteiger partial charge in [-0.2, -0.15) is 0 Å². The van der Waals surface area contributed by atoms with Gasteiger partial charge in [-0.3, -0.25) is 4.31 Å². The normalized spacial score (nSPS) is 22.3. The summed E-state index contributed by atoms with van der Waals surface area (Å²) in [7, 11) is -3.17. The van der Waals surface area contributed by atoms with Crippen molar-refractivity contribution in [1.29, 1.82) is 0 Å². The Morgan fingerprint density at radius 2 is 2.00 bits per heavy atom. The number of carbonyl (C=O) groups is 1. The first kappa shape index (κ1) is 16.8. The minimum Gasteiger partial charge on any atom is -0.338 e. The number of rotatable bonds is 4. The predicted octanol–water partition coefficient (Wildman–Crippen LogP) is 2.70. The first-order valence-electron chi connectivity index (χ1n) is 8.35. The van der Waals surface area contributed by atoms with Gasteiger partial charge in [-0.25, -0.2) is 13.2 Å². The molecule has 6 nitrogen and oxygen atoms in total. The Hall–Kier alpha value is -2.02. The Bertz CT molecular complexity index is 713. The number of anilines is 2. The molecule has 1 aromatic rings. The Morgan fingerprint density at radius 1 is 1.21 bits per heavy atom. The van der Waals surface area contributed by atoms with E-state index in [1.54, 1.807) is 24.3 Å². The Labute approximate surface area is 143 Å². The third-order valence-corrected chi connectivity index (χ3v) is 6.31. The molecule has 0 bridgehead atoms. The minimum atomic E-state index is -3.17. The number of hydrogen-bond donors (Lipinski definition) is 2. The van der Waals surface area contributed by atoms with E-state index in [1.807, 2.05) is 0 Å². The minimum absolute atomic E-state index is 0.200. The number of amides is 2. The molecule has 1 saturated heterocycles. The number of carbonyl (C=O) groups excluding carboxylic acids is 1. The van der Waals surface area contributed by atoms with Crippen LogP contribution in [-0.2, 0) is 10.0 Å². The quantitative estimate of drug-likeness (QED) is 0.821.